The van der Waals surface area contributed by atoms with Gasteiger partial charge in [-0.25, -0.2) is 43.2 Å². The first-order valence-corrected chi connectivity index (χ1v) is 23.3. The highest BCUT2D eigenvalue weighted by molar-refractivity contribution is 5.91. The molecule has 0 unspecified atom stereocenters. The molecule has 37 heteroatoms. The lowest BCUT2D eigenvalue weighted by Crippen LogP contribution is -2.52. The molecule has 0 fully saturated rings. The van der Waals surface area contributed by atoms with Gasteiger partial charge in [-0.3, -0.25) is 22.3 Å². The highest BCUT2D eigenvalue weighted by atomic mass is 16.5. The second kappa shape index (κ2) is 76.9. The van der Waals surface area contributed by atoms with Gasteiger partial charge < -0.3 is 122 Å². The average molecular weight is 1210 g/mol. The Kier molecular flexibility index (Phi) is 86.2. The van der Waals surface area contributed by atoms with Crippen molar-refractivity contribution >= 4 is 83.3 Å². The zero-order valence-electron chi connectivity index (χ0n) is 45.4. The summed E-state index contributed by atoms with van der Waals surface area (Å²) in [7, 11) is 0. The van der Waals surface area contributed by atoms with Crippen LogP contribution in [0.5, 0.6) is 0 Å². The highest BCUT2D eigenvalue weighted by Gasteiger charge is 1.99. The predicted octanol–water partition coefficient (Wildman–Crippen LogP) is -13.2. The fourth-order valence-corrected chi connectivity index (χ4v) is 2.98. The number of rotatable bonds is 36. The quantitative estimate of drug-likeness (QED) is 0.0120. The summed E-state index contributed by atoms with van der Waals surface area (Å²) in [5, 5.41) is 109. The van der Waals surface area contributed by atoms with Crippen LogP contribution in [0.25, 0.3) is 0 Å². The number of carbonyl (C=O) groups excluding carboxylic acids is 3. The number of hydrogen-bond acceptors (Lipinski definition) is 20. The van der Waals surface area contributed by atoms with Crippen LogP contribution >= 0.6 is 0 Å². The minimum absolute atomic E-state index is 0.447. The Balaban J connectivity index is -0.000000107. The minimum atomic E-state index is -1.51. The van der Waals surface area contributed by atoms with E-state index >= 15 is 0 Å². The number of carbonyl (C=O) groups is 12. The molecule has 29 N–H and O–H groups in total. The molecule has 0 rings (SSSR count). The SMILES string of the molecule is NC(=[NH2+])CCCCC(N)=[NH2+].O=C(O)/C=C/C(=O)O.O=C(O)/C=C/C(=O)O.O=C(O)/C=C\C(=O)O.O=C([O-])/C=C/C(=O)O.O=C([O-])/C=C/C(=O)O.O=C([O-])/C=C\C(=O)O.[NH3+]CCCOCCOCCOCCC[NH3+].[NH3+]CCOCCOCC[NH3+]. The summed E-state index contributed by atoms with van der Waals surface area (Å²) in [6.07, 6.45) is 11.6. The number of nitrogens with two attached hydrogens (primary N) is 4. The Morgan fingerprint density at radius 2 is 0.470 bits per heavy atom. The first kappa shape index (κ1) is 93.0. The lowest BCUT2D eigenvalue weighted by molar-refractivity contribution is -0.376. The van der Waals surface area contributed by atoms with Gasteiger partial charge in [-0.15, -0.1) is 0 Å². The number of ether oxygens (including phenoxy) is 5. The van der Waals surface area contributed by atoms with Crippen LogP contribution in [0.4, 0.5) is 0 Å². The molecule has 0 aromatic heterocycles. The Morgan fingerprint density at radius 3 is 0.602 bits per heavy atom. The van der Waals surface area contributed by atoms with Gasteiger partial charge in [-0.1, -0.05) is 0 Å². The molecule has 0 aromatic rings. The van der Waals surface area contributed by atoms with E-state index in [0.717, 1.165) is 91.1 Å². The van der Waals surface area contributed by atoms with E-state index in [1.54, 1.807) is 0 Å². The van der Waals surface area contributed by atoms with E-state index in [0.29, 0.717) is 124 Å². The van der Waals surface area contributed by atoms with Crippen molar-refractivity contribution in [1.82, 2.24) is 0 Å². The van der Waals surface area contributed by atoms with Gasteiger partial charge in [0.05, 0.1) is 110 Å². The number of carboxylic acids is 12. The van der Waals surface area contributed by atoms with Crippen molar-refractivity contribution in [2.24, 2.45) is 11.5 Å². The van der Waals surface area contributed by atoms with E-state index in [4.69, 9.17) is 91.9 Å². The Morgan fingerprint density at radius 1 is 0.301 bits per heavy atom. The summed E-state index contributed by atoms with van der Waals surface area (Å²) in [4.78, 5) is 114. The smallest absolute Gasteiger partial charge is 0.328 e. The van der Waals surface area contributed by atoms with E-state index in [1.165, 1.54) is 0 Å². The maximum absolute atomic E-state index is 9.55. The molecule has 0 heterocycles. The second-order valence-electron chi connectivity index (χ2n) is 13.5. The molecule has 0 saturated heterocycles. The molecule has 0 spiro atoms. The van der Waals surface area contributed by atoms with Crippen LogP contribution in [0.3, 0.4) is 0 Å². The zero-order valence-corrected chi connectivity index (χ0v) is 45.4. The Hall–Kier alpha value is -9.34. The third-order valence-corrected chi connectivity index (χ3v) is 6.14. The predicted molar refractivity (Wildman–Crippen MR) is 274 cm³/mol. The van der Waals surface area contributed by atoms with Crippen molar-refractivity contribution in [2.45, 2.75) is 38.5 Å². The monoisotopic (exact) mass is 1210 g/mol. The molecule has 0 bridgehead atoms. The number of hydrogen-bond donors (Lipinski definition) is 17. The second-order valence-corrected chi connectivity index (χ2v) is 13.5. The number of unbranched alkanes of at least 4 members (excludes halogenated alkanes) is 1. The van der Waals surface area contributed by atoms with Crippen LogP contribution in [0.1, 0.15) is 38.5 Å². The Labute approximate surface area is 474 Å². The third-order valence-electron chi connectivity index (χ3n) is 6.14. The van der Waals surface area contributed by atoms with Gasteiger partial charge in [0.25, 0.3) is 0 Å². The molecule has 0 saturated carbocycles. The third kappa shape index (κ3) is 167. The first-order chi connectivity index (χ1) is 38.7. The van der Waals surface area contributed by atoms with Crippen molar-refractivity contribution in [1.29, 1.82) is 0 Å². The minimum Gasteiger partial charge on any atom is -0.545 e. The lowest BCUT2D eigenvalue weighted by atomic mass is 10.2. The summed E-state index contributed by atoms with van der Waals surface area (Å²) in [6, 6.07) is 0. The number of carboxylic acid groups (broad SMARTS) is 12. The molecule has 0 atom stereocenters. The van der Waals surface area contributed by atoms with Crippen molar-refractivity contribution in [2.75, 3.05) is 92.2 Å². The number of quaternary nitrogens is 4. The van der Waals surface area contributed by atoms with Crippen LogP contribution < -0.4 is 60.5 Å². The summed E-state index contributed by atoms with van der Waals surface area (Å²) in [6.45, 7) is 10.5. The fraction of sp³-hybridized carbons (Fsp3) is 0.435. The molecular formula is C46H81N8O29+3. The summed E-state index contributed by atoms with van der Waals surface area (Å²) in [5.41, 5.74) is 25.2. The largest absolute Gasteiger partial charge is 0.545 e. The maximum atomic E-state index is 9.55. The summed E-state index contributed by atoms with van der Waals surface area (Å²) in [5.74, 6) is -15.0. The van der Waals surface area contributed by atoms with Crippen molar-refractivity contribution in [3.05, 3.63) is 72.9 Å². The molecule has 0 aliphatic carbocycles. The van der Waals surface area contributed by atoms with Crippen molar-refractivity contribution in [3.63, 3.8) is 0 Å². The van der Waals surface area contributed by atoms with Gasteiger partial charge in [0, 0.05) is 80.4 Å². The van der Waals surface area contributed by atoms with E-state index in [-0.39, 0.29) is 0 Å². The van der Waals surface area contributed by atoms with Crippen molar-refractivity contribution < 1.29 is 176 Å². The molecule has 0 aromatic carbocycles. The number of aliphatic carboxylic acids is 12. The zero-order chi connectivity index (χ0) is 66.2. The van der Waals surface area contributed by atoms with E-state index in [2.05, 4.69) is 22.9 Å². The van der Waals surface area contributed by atoms with Crippen molar-refractivity contribution in [3.8, 4) is 0 Å². The number of amidine groups is 2. The maximum Gasteiger partial charge on any atom is 0.328 e. The van der Waals surface area contributed by atoms with Crippen LogP contribution in [-0.2, 0) is 81.2 Å². The molecule has 0 aliphatic heterocycles. The molecular weight excluding hydrogens is 1130 g/mol. The van der Waals surface area contributed by atoms with E-state index in [9.17, 15) is 72.9 Å². The highest BCUT2D eigenvalue weighted by Crippen LogP contribution is 1.96. The van der Waals surface area contributed by atoms with Crippen LogP contribution in [-0.4, -0.2) is 222 Å². The van der Waals surface area contributed by atoms with Gasteiger partial charge >= 0.3 is 53.7 Å². The van der Waals surface area contributed by atoms with Gasteiger partial charge in [0.2, 0.25) is 11.7 Å². The normalized spacial score (nSPS) is 9.78. The molecule has 0 amide bonds. The van der Waals surface area contributed by atoms with E-state index in [1.807, 2.05) is 0 Å². The van der Waals surface area contributed by atoms with Crippen LogP contribution in [0, 0.1) is 0 Å². The standard InChI is InChI=1S/C10H24N2O3.C6H14N4.C6H16N2O2.6C4H4O4/c11-3-1-5-13-7-9-15-10-8-14-6-2-4-12;7-5(8)3-1-2-4-6(9)10;7-1-3-9-5-6-10-4-2-8;6*5-3(6)1-2-4(7)8/h1-12H2;1-4H2,(H3,7,8)(H3,9,10);1-8H2;6*1-2H,(H,5,6)(H,7,8)/p+3/b;;;4*2-1+;2*2-1-. The average Bonchev–Trinajstić information content (AvgIpc) is 3.38. The van der Waals surface area contributed by atoms with Gasteiger partial charge in [-0.2, -0.15) is 0 Å². The molecule has 83 heavy (non-hydrogen) atoms. The Bertz CT molecular complexity index is 1610. The molecule has 0 aliphatic rings. The van der Waals surface area contributed by atoms with E-state index < -0.39 is 71.6 Å². The molecule has 0 radical (unpaired) electrons. The van der Waals surface area contributed by atoms with Crippen LogP contribution in [0.2, 0.25) is 0 Å². The lowest BCUT2D eigenvalue weighted by Gasteiger charge is -2.05. The first-order valence-electron chi connectivity index (χ1n) is 23.3. The van der Waals surface area contributed by atoms with Crippen LogP contribution in [0.15, 0.2) is 72.9 Å². The summed E-state index contributed by atoms with van der Waals surface area (Å²) >= 11 is 0. The fourth-order valence-electron chi connectivity index (χ4n) is 2.98. The topological polar surface area (TPSA) is 716 Å². The van der Waals surface area contributed by atoms with Gasteiger partial charge in [-0.05, 0) is 31.1 Å². The molecule has 37 nitrogen and oxygen atoms in total. The van der Waals surface area contributed by atoms with Gasteiger partial charge in [0.15, 0.2) is 0 Å². The van der Waals surface area contributed by atoms with Gasteiger partial charge in [0.1, 0.15) is 0 Å². The molecule has 476 valence electrons. The summed E-state index contributed by atoms with van der Waals surface area (Å²) < 4.78 is 26.2.